The van der Waals surface area contributed by atoms with E-state index in [1.165, 1.54) is 5.56 Å². The molecular formula is C18H22ClNO. The highest BCUT2D eigenvalue weighted by Crippen LogP contribution is 2.30. The van der Waals surface area contributed by atoms with Gasteiger partial charge in [0, 0.05) is 5.02 Å². The first-order chi connectivity index (χ1) is 10.2. The van der Waals surface area contributed by atoms with E-state index in [0.29, 0.717) is 0 Å². The number of ether oxygens (including phenoxy) is 1. The van der Waals surface area contributed by atoms with Crippen LogP contribution in [0.4, 0.5) is 5.69 Å². The Balaban J connectivity index is 2.16. The second-order valence-corrected chi connectivity index (χ2v) is 5.44. The van der Waals surface area contributed by atoms with E-state index >= 15 is 0 Å². The molecule has 0 radical (unpaired) electrons. The fraction of sp³-hybridized carbons (Fsp3) is 0.333. The van der Waals surface area contributed by atoms with E-state index in [0.717, 1.165) is 35.9 Å². The second kappa shape index (κ2) is 7.94. The van der Waals surface area contributed by atoms with E-state index in [4.69, 9.17) is 16.3 Å². The fourth-order valence-corrected chi connectivity index (χ4v) is 2.35. The number of anilines is 1. The zero-order valence-electron chi connectivity index (χ0n) is 12.6. The van der Waals surface area contributed by atoms with Gasteiger partial charge in [-0.05, 0) is 42.7 Å². The number of para-hydroxylation sites is 2. The van der Waals surface area contributed by atoms with Crippen molar-refractivity contribution in [3.63, 3.8) is 0 Å². The van der Waals surface area contributed by atoms with Crippen molar-refractivity contribution in [1.29, 1.82) is 0 Å². The largest absolute Gasteiger partial charge is 0.491 e. The summed E-state index contributed by atoms with van der Waals surface area (Å²) in [5, 5.41) is 4.34. The number of nitrogens with one attached hydrogen (secondary N) is 1. The van der Waals surface area contributed by atoms with Crippen molar-refractivity contribution in [1.82, 2.24) is 0 Å². The molecule has 0 spiro atoms. The van der Waals surface area contributed by atoms with Crippen LogP contribution in [-0.2, 0) is 0 Å². The molecule has 0 saturated carbocycles. The smallest absolute Gasteiger partial charge is 0.142 e. The lowest BCUT2D eigenvalue weighted by Gasteiger charge is -2.21. The van der Waals surface area contributed by atoms with E-state index in [1.54, 1.807) is 0 Å². The summed E-state index contributed by atoms with van der Waals surface area (Å²) in [6.45, 7) is 5.01. The number of hydrogen-bond acceptors (Lipinski definition) is 2. The zero-order chi connectivity index (χ0) is 15.1. The van der Waals surface area contributed by atoms with Gasteiger partial charge >= 0.3 is 0 Å². The van der Waals surface area contributed by atoms with Gasteiger partial charge in [0.15, 0.2) is 0 Å². The van der Waals surface area contributed by atoms with Crippen LogP contribution in [0, 0.1) is 0 Å². The molecule has 1 unspecified atom stereocenters. The van der Waals surface area contributed by atoms with E-state index in [-0.39, 0.29) is 6.04 Å². The highest BCUT2D eigenvalue weighted by Gasteiger charge is 2.11. The quantitative estimate of drug-likeness (QED) is 0.709. The summed E-state index contributed by atoms with van der Waals surface area (Å²) in [5.41, 5.74) is 2.26. The second-order valence-electron chi connectivity index (χ2n) is 5.00. The van der Waals surface area contributed by atoms with Crippen LogP contribution < -0.4 is 10.1 Å². The molecule has 0 aliphatic heterocycles. The third kappa shape index (κ3) is 4.40. The van der Waals surface area contributed by atoms with Crippen LogP contribution in [0.5, 0.6) is 5.75 Å². The molecule has 2 aromatic carbocycles. The lowest BCUT2D eigenvalue weighted by Crippen LogP contribution is -2.11. The van der Waals surface area contributed by atoms with Gasteiger partial charge in [-0.2, -0.15) is 0 Å². The Morgan fingerprint density at radius 3 is 2.43 bits per heavy atom. The van der Waals surface area contributed by atoms with Gasteiger partial charge in [-0.3, -0.25) is 0 Å². The van der Waals surface area contributed by atoms with Crippen molar-refractivity contribution in [2.24, 2.45) is 0 Å². The Morgan fingerprint density at radius 1 is 1.05 bits per heavy atom. The molecule has 3 heteroatoms. The van der Waals surface area contributed by atoms with Gasteiger partial charge in [0.1, 0.15) is 5.75 Å². The van der Waals surface area contributed by atoms with E-state index in [2.05, 4.69) is 37.4 Å². The van der Waals surface area contributed by atoms with Gasteiger partial charge in [-0.1, -0.05) is 49.7 Å². The predicted molar refractivity (Wildman–Crippen MR) is 90.3 cm³/mol. The highest BCUT2D eigenvalue weighted by atomic mass is 35.5. The Kier molecular flexibility index (Phi) is 5.94. The molecule has 0 saturated heterocycles. The molecule has 0 fully saturated rings. The maximum absolute atomic E-state index is 5.96. The third-order valence-electron chi connectivity index (χ3n) is 3.36. The van der Waals surface area contributed by atoms with Crippen molar-refractivity contribution < 1.29 is 4.74 Å². The minimum absolute atomic E-state index is 0.244. The summed E-state index contributed by atoms with van der Waals surface area (Å²) in [6.07, 6.45) is 1.99. The van der Waals surface area contributed by atoms with Crippen molar-refractivity contribution in [3.05, 3.63) is 59.1 Å². The number of halogens is 1. The van der Waals surface area contributed by atoms with Crippen LogP contribution in [0.15, 0.2) is 48.5 Å². The molecule has 0 bridgehead atoms. The van der Waals surface area contributed by atoms with Crippen molar-refractivity contribution in [2.75, 3.05) is 11.9 Å². The van der Waals surface area contributed by atoms with Gasteiger partial charge < -0.3 is 10.1 Å². The topological polar surface area (TPSA) is 21.3 Å². The van der Waals surface area contributed by atoms with Gasteiger partial charge in [-0.25, -0.2) is 0 Å². The first kappa shape index (κ1) is 15.7. The molecule has 0 aliphatic rings. The normalized spacial score (nSPS) is 12.0. The molecule has 0 heterocycles. The minimum Gasteiger partial charge on any atom is -0.491 e. The van der Waals surface area contributed by atoms with E-state index < -0.39 is 0 Å². The van der Waals surface area contributed by atoms with Crippen LogP contribution in [0.1, 0.15) is 38.3 Å². The molecule has 1 N–H and O–H groups in total. The Morgan fingerprint density at radius 2 is 1.76 bits per heavy atom. The zero-order valence-corrected chi connectivity index (χ0v) is 13.4. The monoisotopic (exact) mass is 303 g/mol. The van der Waals surface area contributed by atoms with Crippen LogP contribution >= 0.6 is 11.6 Å². The number of hydrogen-bond donors (Lipinski definition) is 1. The molecular weight excluding hydrogens is 282 g/mol. The Hall–Kier alpha value is -1.67. The SMILES string of the molecule is CCCOc1ccccc1NC(CC)c1ccc(Cl)cc1. The molecule has 21 heavy (non-hydrogen) atoms. The van der Waals surface area contributed by atoms with Gasteiger partial charge in [0.2, 0.25) is 0 Å². The first-order valence-corrected chi connectivity index (χ1v) is 7.86. The lowest BCUT2D eigenvalue weighted by atomic mass is 10.0. The van der Waals surface area contributed by atoms with Crippen LogP contribution in [0.25, 0.3) is 0 Å². The van der Waals surface area contributed by atoms with Crippen LogP contribution in [0.2, 0.25) is 5.02 Å². The van der Waals surface area contributed by atoms with Crippen molar-refractivity contribution in [2.45, 2.75) is 32.7 Å². The van der Waals surface area contributed by atoms with Crippen molar-refractivity contribution in [3.8, 4) is 5.75 Å². The molecule has 2 aromatic rings. The Bertz CT molecular complexity index is 553. The molecule has 0 amide bonds. The number of benzene rings is 2. The van der Waals surface area contributed by atoms with Crippen molar-refractivity contribution >= 4 is 17.3 Å². The summed E-state index contributed by atoms with van der Waals surface area (Å²) in [7, 11) is 0. The summed E-state index contributed by atoms with van der Waals surface area (Å²) >= 11 is 5.96. The molecule has 2 nitrogen and oxygen atoms in total. The molecule has 1 atom stereocenters. The van der Waals surface area contributed by atoms with Gasteiger partial charge in [0.25, 0.3) is 0 Å². The standard InChI is InChI=1S/C18H22ClNO/c1-3-13-21-18-8-6-5-7-17(18)20-16(4-2)14-9-11-15(19)12-10-14/h5-12,16,20H,3-4,13H2,1-2H3. The molecule has 0 aliphatic carbocycles. The summed E-state index contributed by atoms with van der Waals surface area (Å²) in [4.78, 5) is 0. The molecule has 112 valence electrons. The summed E-state index contributed by atoms with van der Waals surface area (Å²) in [5.74, 6) is 0.909. The lowest BCUT2D eigenvalue weighted by molar-refractivity contribution is 0.318. The number of rotatable bonds is 7. The molecule has 0 aromatic heterocycles. The predicted octanol–water partition coefficient (Wildman–Crippen LogP) is 5.69. The maximum Gasteiger partial charge on any atom is 0.142 e. The van der Waals surface area contributed by atoms with E-state index in [1.807, 2.05) is 30.3 Å². The van der Waals surface area contributed by atoms with Crippen LogP contribution in [-0.4, -0.2) is 6.61 Å². The van der Waals surface area contributed by atoms with E-state index in [9.17, 15) is 0 Å². The summed E-state index contributed by atoms with van der Waals surface area (Å²) < 4.78 is 5.80. The van der Waals surface area contributed by atoms with Gasteiger partial charge in [0.05, 0.1) is 18.3 Å². The highest BCUT2D eigenvalue weighted by molar-refractivity contribution is 6.30. The average molecular weight is 304 g/mol. The fourth-order valence-electron chi connectivity index (χ4n) is 2.23. The first-order valence-electron chi connectivity index (χ1n) is 7.48. The van der Waals surface area contributed by atoms with Crippen LogP contribution in [0.3, 0.4) is 0 Å². The average Bonchev–Trinajstić information content (AvgIpc) is 2.52. The Labute approximate surface area is 132 Å². The molecule has 2 rings (SSSR count). The van der Waals surface area contributed by atoms with Gasteiger partial charge in [-0.15, -0.1) is 0 Å². The third-order valence-corrected chi connectivity index (χ3v) is 3.61. The maximum atomic E-state index is 5.96. The minimum atomic E-state index is 0.244. The summed E-state index contributed by atoms with van der Waals surface area (Å²) in [6, 6.07) is 16.3.